The van der Waals surface area contributed by atoms with E-state index in [1.807, 2.05) is 85.8 Å². The summed E-state index contributed by atoms with van der Waals surface area (Å²) in [6.45, 7) is 1.98. The zero-order valence-electron chi connectivity index (χ0n) is 19.7. The molecule has 1 aromatic heterocycles. The van der Waals surface area contributed by atoms with Crippen molar-refractivity contribution in [3.63, 3.8) is 0 Å². The lowest BCUT2D eigenvalue weighted by atomic mass is 10.1. The number of aryl methyl sites for hydroxylation is 1. The first kappa shape index (κ1) is 23.1. The fourth-order valence-corrected chi connectivity index (χ4v) is 3.92. The van der Waals surface area contributed by atoms with Gasteiger partial charge in [0.1, 0.15) is 11.3 Å². The molecule has 5 aromatic rings. The molecule has 0 fully saturated rings. The molecule has 178 valence electrons. The van der Waals surface area contributed by atoms with E-state index >= 15 is 0 Å². The van der Waals surface area contributed by atoms with E-state index in [1.165, 1.54) is 0 Å². The molecule has 36 heavy (non-hydrogen) atoms. The number of carbonyl (C=O) groups is 2. The van der Waals surface area contributed by atoms with Crippen LogP contribution in [0.4, 0.5) is 5.69 Å². The number of nitrogens with zero attached hydrogens (tertiary/aromatic N) is 1. The summed E-state index contributed by atoms with van der Waals surface area (Å²) in [6.07, 6.45) is 0.370. The van der Waals surface area contributed by atoms with Gasteiger partial charge in [0.2, 0.25) is 11.8 Å². The number of aromatic nitrogens is 1. The maximum atomic E-state index is 12.7. The molecule has 1 amide bonds. The standard InChI is InChI=1S/C30H24N2O4/c1-20-12-14-27-25(16-20)32-30(36-27)24-19-23(31-28(33)17-21-8-4-2-5-9-21)13-15-26(24)35-29(34)18-22-10-6-3-7-11-22/h2-16,19H,17-18H2,1H3,(H,31,33). The number of anilines is 1. The first-order chi connectivity index (χ1) is 17.5. The Kier molecular flexibility index (Phi) is 6.58. The molecule has 1 heterocycles. The second-order valence-corrected chi connectivity index (χ2v) is 8.55. The van der Waals surface area contributed by atoms with Crippen molar-refractivity contribution >= 4 is 28.7 Å². The number of hydrogen-bond acceptors (Lipinski definition) is 5. The first-order valence-electron chi connectivity index (χ1n) is 11.6. The third-order valence-corrected chi connectivity index (χ3v) is 5.66. The van der Waals surface area contributed by atoms with Crippen molar-refractivity contribution in [2.24, 2.45) is 0 Å². The number of amides is 1. The molecule has 6 nitrogen and oxygen atoms in total. The fraction of sp³-hybridized carbons (Fsp3) is 0.100. The van der Waals surface area contributed by atoms with E-state index in [-0.39, 0.29) is 18.7 Å². The van der Waals surface area contributed by atoms with Gasteiger partial charge in [0, 0.05) is 5.69 Å². The summed E-state index contributed by atoms with van der Waals surface area (Å²) in [5, 5.41) is 2.91. The van der Waals surface area contributed by atoms with Crippen LogP contribution >= 0.6 is 0 Å². The number of carbonyl (C=O) groups excluding carboxylic acids is 2. The predicted octanol–water partition coefficient (Wildman–Crippen LogP) is 6.13. The van der Waals surface area contributed by atoms with Crippen molar-refractivity contribution in [3.05, 3.63) is 114 Å². The highest BCUT2D eigenvalue weighted by Crippen LogP contribution is 2.34. The molecule has 0 radical (unpaired) electrons. The average Bonchev–Trinajstić information content (AvgIpc) is 3.29. The molecule has 6 heteroatoms. The highest BCUT2D eigenvalue weighted by Gasteiger charge is 2.18. The highest BCUT2D eigenvalue weighted by molar-refractivity contribution is 5.93. The van der Waals surface area contributed by atoms with Crippen molar-refractivity contribution in [1.29, 1.82) is 0 Å². The van der Waals surface area contributed by atoms with E-state index in [2.05, 4.69) is 10.3 Å². The molecule has 0 atom stereocenters. The monoisotopic (exact) mass is 476 g/mol. The molecular weight excluding hydrogens is 452 g/mol. The summed E-state index contributed by atoms with van der Waals surface area (Å²) in [6, 6.07) is 29.7. The lowest BCUT2D eigenvalue weighted by molar-refractivity contribution is -0.133. The van der Waals surface area contributed by atoms with Crippen molar-refractivity contribution in [2.75, 3.05) is 5.32 Å². The Bertz CT molecular complexity index is 1530. The summed E-state index contributed by atoms with van der Waals surface area (Å²) in [4.78, 5) is 30.0. The minimum absolute atomic E-state index is 0.128. The van der Waals surface area contributed by atoms with Crippen LogP contribution < -0.4 is 10.1 Å². The Labute approximate surface area is 208 Å². The molecule has 0 saturated carbocycles. The van der Waals surface area contributed by atoms with Crippen LogP contribution in [0.2, 0.25) is 0 Å². The molecule has 0 saturated heterocycles. The van der Waals surface area contributed by atoms with Gasteiger partial charge >= 0.3 is 5.97 Å². The van der Waals surface area contributed by atoms with Gasteiger partial charge in [-0.05, 0) is 53.9 Å². The van der Waals surface area contributed by atoms with Gasteiger partial charge in [0.05, 0.1) is 18.4 Å². The Morgan fingerprint density at radius 3 is 2.25 bits per heavy atom. The molecule has 0 unspecified atom stereocenters. The second kappa shape index (κ2) is 10.3. The Morgan fingerprint density at radius 1 is 0.833 bits per heavy atom. The molecule has 5 rings (SSSR count). The molecule has 1 N–H and O–H groups in total. The zero-order valence-corrected chi connectivity index (χ0v) is 19.7. The van der Waals surface area contributed by atoms with Crippen molar-refractivity contribution in [2.45, 2.75) is 19.8 Å². The SMILES string of the molecule is Cc1ccc2oc(-c3cc(NC(=O)Cc4ccccc4)ccc3OC(=O)Cc3ccccc3)nc2c1. The quantitative estimate of drug-likeness (QED) is 0.226. The Hall–Kier alpha value is -4.71. The zero-order chi connectivity index (χ0) is 24.9. The predicted molar refractivity (Wildman–Crippen MR) is 139 cm³/mol. The van der Waals surface area contributed by atoms with Crippen LogP contribution in [0, 0.1) is 6.92 Å². The van der Waals surface area contributed by atoms with Crippen LogP contribution in [0.3, 0.4) is 0 Å². The average molecular weight is 477 g/mol. The molecule has 0 aliphatic rings. The molecule has 0 aliphatic carbocycles. The first-order valence-corrected chi connectivity index (χ1v) is 11.6. The number of benzene rings is 4. The van der Waals surface area contributed by atoms with Crippen molar-refractivity contribution < 1.29 is 18.7 Å². The third-order valence-electron chi connectivity index (χ3n) is 5.66. The topological polar surface area (TPSA) is 81.4 Å². The minimum Gasteiger partial charge on any atom is -0.436 e. The van der Waals surface area contributed by atoms with Crippen LogP contribution in [0.5, 0.6) is 5.75 Å². The number of esters is 1. The van der Waals surface area contributed by atoms with E-state index in [0.717, 1.165) is 16.7 Å². The molecular formula is C30H24N2O4. The number of fused-ring (bicyclic) bond motifs is 1. The fourth-order valence-electron chi connectivity index (χ4n) is 3.92. The van der Waals surface area contributed by atoms with E-state index in [1.54, 1.807) is 18.2 Å². The summed E-state index contributed by atoms with van der Waals surface area (Å²) in [5.74, 6) is 0.0435. The van der Waals surface area contributed by atoms with Crippen LogP contribution in [-0.2, 0) is 22.4 Å². The largest absolute Gasteiger partial charge is 0.436 e. The van der Waals surface area contributed by atoms with E-state index in [0.29, 0.717) is 34.0 Å². The minimum atomic E-state index is -0.407. The Morgan fingerprint density at radius 2 is 1.53 bits per heavy atom. The third kappa shape index (κ3) is 5.50. The maximum absolute atomic E-state index is 12.7. The van der Waals surface area contributed by atoms with Gasteiger partial charge in [-0.25, -0.2) is 4.98 Å². The van der Waals surface area contributed by atoms with Gasteiger partial charge in [-0.1, -0.05) is 66.7 Å². The highest BCUT2D eigenvalue weighted by atomic mass is 16.5. The van der Waals surface area contributed by atoms with Gasteiger partial charge in [0.25, 0.3) is 0 Å². The summed E-state index contributed by atoms with van der Waals surface area (Å²) >= 11 is 0. The van der Waals surface area contributed by atoms with Gasteiger partial charge in [-0.3, -0.25) is 9.59 Å². The van der Waals surface area contributed by atoms with Crippen molar-refractivity contribution in [1.82, 2.24) is 4.98 Å². The van der Waals surface area contributed by atoms with Crippen LogP contribution in [-0.4, -0.2) is 16.9 Å². The molecule has 0 spiro atoms. The van der Waals surface area contributed by atoms with Crippen molar-refractivity contribution in [3.8, 4) is 17.2 Å². The molecule has 0 bridgehead atoms. The molecule has 4 aromatic carbocycles. The van der Waals surface area contributed by atoms with Gasteiger partial charge in [0.15, 0.2) is 5.58 Å². The maximum Gasteiger partial charge on any atom is 0.315 e. The van der Waals surface area contributed by atoms with Crippen LogP contribution in [0.15, 0.2) is 101 Å². The van der Waals surface area contributed by atoms with Gasteiger partial charge in [-0.2, -0.15) is 0 Å². The van der Waals surface area contributed by atoms with E-state index < -0.39 is 5.97 Å². The summed E-state index contributed by atoms with van der Waals surface area (Å²) < 4.78 is 11.7. The number of oxazole rings is 1. The molecule has 0 aliphatic heterocycles. The summed E-state index contributed by atoms with van der Waals surface area (Å²) in [7, 11) is 0. The van der Waals surface area contributed by atoms with Gasteiger partial charge < -0.3 is 14.5 Å². The lowest BCUT2D eigenvalue weighted by Crippen LogP contribution is -2.15. The second-order valence-electron chi connectivity index (χ2n) is 8.55. The Balaban J connectivity index is 1.44. The van der Waals surface area contributed by atoms with Crippen LogP contribution in [0.25, 0.3) is 22.6 Å². The van der Waals surface area contributed by atoms with E-state index in [9.17, 15) is 9.59 Å². The van der Waals surface area contributed by atoms with Gasteiger partial charge in [-0.15, -0.1) is 0 Å². The number of nitrogens with one attached hydrogen (secondary N) is 1. The normalized spacial score (nSPS) is 10.8. The van der Waals surface area contributed by atoms with Crippen LogP contribution in [0.1, 0.15) is 16.7 Å². The van der Waals surface area contributed by atoms with E-state index in [4.69, 9.17) is 9.15 Å². The summed E-state index contributed by atoms with van der Waals surface area (Å²) in [5.41, 5.74) is 5.16. The number of rotatable bonds is 7. The number of hydrogen-bond donors (Lipinski definition) is 1. The number of ether oxygens (including phenoxy) is 1. The smallest absolute Gasteiger partial charge is 0.315 e. The lowest BCUT2D eigenvalue weighted by Gasteiger charge is -2.11.